The molecule has 2 heterocycles. The van der Waals surface area contributed by atoms with Gasteiger partial charge in [0.15, 0.2) is 5.13 Å². The predicted octanol–water partition coefficient (Wildman–Crippen LogP) is 6.10. The minimum atomic E-state index is 0.867. The first kappa shape index (κ1) is 15.8. The van der Waals surface area contributed by atoms with Crippen molar-refractivity contribution in [3.8, 4) is 22.4 Å². The van der Waals surface area contributed by atoms with Crippen LogP contribution in [-0.2, 0) is 0 Å². The van der Waals surface area contributed by atoms with Gasteiger partial charge in [-0.1, -0.05) is 60.7 Å². The molecule has 0 saturated carbocycles. The second-order valence-electron chi connectivity index (χ2n) is 6.24. The van der Waals surface area contributed by atoms with E-state index in [0.29, 0.717) is 0 Å². The first-order valence-corrected chi connectivity index (χ1v) is 9.55. The van der Waals surface area contributed by atoms with Crippen molar-refractivity contribution in [1.82, 2.24) is 15.2 Å². The lowest BCUT2D eigenvalue weighted by Gasteiger charge is -2.04. The van der Waals surface area contributed by atoms with Gasteiger partial charge in [0.1, 0.15) is 0 Å². The number of aromatic amines is 1. The zero-order valence-corrected chi connectivity index (χ0v) is 15.2. The maximum Gasteiger partial charge on any atom is 0.187 e. The van der Waals surface area contributed by atoms with Crippen LogP contribution in [0, 0.1) is 0 Å². The summed E-state index contributed by atoms with van der Waals surface area (Å²) in [5.74, 6) is 0. The summed E-state index contributed by atoms with van der Waals surface area (Å²) < 4.78 is 0. The molecular weight excluding hydrogens is 352 g/mol. The Morgan fingerprint density at radius 3 is 2.41 bits per heavy atom. The van der Waals surface area contributed by atoms with Gasteiger partial charge in [0.05, 0.1) is 23.1 Å². The number of aromatic nitrogens is 3. The monoisotopic (exact) mass is 368 g/mol. The molecule has 2 aromatic heterocycles. The standard InChI is InChI=1S/C22H16N4S/c1-2-5-15(6-3-1)16-9-11-17(12-10-16)21-14-27-22(25-21)24-19-7-4-8-20-18(19)13-23-26-20/h1-14H,(H,23,26)(H,24,25). The van der Waals surface area contributed by atoms with E-state index in [0.717, 1.165) is 33.0 Å². The molecule has 0 spiro atoms. The maximum atomic E-state index is 4.75. The van der Waals surface area contributed by atoms with Crippen molar-refractivity contribution < 1.29 is 0 Å². The summed E-state index contributed by atoms with van der Waals surface area (Å²) in [6.07, 6.45) is 1.83. The van der Waals surface area contributed by atoms with E-state index >= 15 is 0 Å². The van der Waals surface area contributed by atoms with E-state index in [4.69, 9.17) is 4.98 Å². The molecule has 130 valence electrons. The number of hydrogen-bond donors (Lipinski definition) is 2. The summed E-state index contributed by atoms with van der Waals surface area (Å²) in [4.78, 5) is 4.75. The third-order valence-electron chi connectivity index (χ3n) is 4.52. The van der Waals surface area contributed by atoms with Gasteiger partial charge in [0.25, 0.3) is 0 Å². The van der Waals surface area contributed by atoms with Gasteiger partial charge in [-0.15, -0.1) is 11.3 Å². The van der Waals surface area contributed by atoms with E-state index in [1.165, 1.54) is 11.1 Å². The second kappa shape index (κ2) is 6.70. The van der Waals surface area contributed by atoms with Crippen LogP contribution in [0.5, 0.6) is 0 Å². The minimum Gasteiger partial charge on any atom is -0.331 e. The van der Waals surface area contributed by atoms with Gasteiger partial charge in [-0.2, -0.15) is 5.10 Å². The summed E-state index contributed by atoms with van der Waals surface area (Å²) in [6, 6.07) is 25.0. The Labute approximate surface area is 160 Å². The number of hydrogen-bond acceptors (Lipinski definition) is 4. The third-order valence-corrected chi connectivity index (χ3v) is 5.28. The summed E-state index contributed by atoms with van der Waals surface area (Å²) in [7, 11) is 0. The normalized spacial score (nSPS) is 11.0. The van der Waals surface area contributed by atoms with E-state index in [9.17, 15) is 0 Å². The zero-order valence-electron chi connectivity index (χ0n) is 14.4. The van der Waals surface area contributed by atoms with Crippen LogP contribution in [0.4, 0.5) is 10.8 Å². The lowest BCUT2D eigenvalue weighted by Crippen LogP contribution is -1.90. The van der Waals surface area contributed by atoms with Crippen molar-refractivity contribution in [1.29, 1.82) is 0 Å². The van der Waals surface area contributed by atoms with Crippen molar-refractivity contribution in [2.75, 3.05) is 5.32 Å². The molecule has 0 atom stereocenters. The van der Waals surface area contributed by atoms with E-state index in [2.05, 4.69) is 69.4 Å². The van der Waals surface area contributed by atoms with Crippen LogP contribution in [-0.4, -0.2) is 15.2 Å². The van der Waals surface area contributed by atoms with Gasteiger partial charge in [0.2, 0.25) is 0 Å². The Morgan fingerprint density at radius 2 is 1.56 bits per heavy atom. The van der Waals surface area contributed by atoms with Gasteiger partial charge in [-0.05, 0) is 23.3 Å². The molecule has 0 bridgehead atoms. The van der Waals surface area contributed by atoms with E-state index in [1.54, 1.807) is 11.3 Å². The van der Waals surface area contributed by atoms with E-state index in [1.807, 2.05) is 30.5 Å². The molecule has 3 aromatic carbocycles. The Morgan fingerprint density at radius 1 is 0.778 bits per heavy atom. The molecule has 5 aromatic rings. The second-order valence-corrected chi connectivity index (χ2v) is 7.10. The lowest BCUT2D eigenvalue weighted by molar-refractivity contribution is 1.12. The van der Waals surface area contributed by atoms with Crippen molar-refractivity contribution in [3.05, 3.63) is 84.4 Å². The van der Waals surface area contributed by atoms with Gasteiger partial charge in [-0.25, -0.2) is 4.98 Å². The molecule has 5 heteroatoms. The van der Waals surface area contributed by atoms with Crippen LogP contribution in [0.1, 0.15) is 0 Å². The number of thiazole rings is 1. The number of benzene rings is 3. The van der Waals surface area contributed by atoms with Gasteiger partial charge < -0.3 is 5.32 Å². The molecule has 0 radical (unpaired) electrons. The van der Waals surface area contributed by atoms with E-state index in [-0.39, 0.29) is 0 Å². The fourth-order valence-electron chi connectivity index (χ4n) is 3.12. The molecular formula is C22H16N4S. The molecule has 0 unspecified atom stereocenters. The Kier molecular flexibility index (Phi) is 3.92. The molecule has 0 aliphatic heterocycles. The summed E-state index contributed by atoms with van der Waals surface area (Å²) in [5, 5.41) is 14.5. The van der Waals surface area contributed by atoms with Crippen LogP contribution in [0.2, 0.25) is 0 Å². The highest BCUT2D eigenvalue weighted by molar-refractivity contribution is 7.14. The maximum absolute atomic E-state index is 4.75. The van der Waals surface area contributed by atoms with Crippen molar-refractivity contribution in [2.24, 2.45) is 0 Å². The van der Waals surface area contributed by atoms with Crippen LogP contribution >= 0.6 is 11.3 Å². The Hall–Kier alpha value is -3.44. The number of nitrogens with one attached hydrogen (secondary N) is 2. The number of rotatable bonds is 4. The van der Waals surface area contributed by atoms with Crippen molar-refractivity contribution in [3.63, 3.8) is 0 Å². The van der Waals surface area contributed by atoms with Crippen LogP contribution < -0.4 is 5.32 Å². The smallest absolute Gasteiger partial charge is 0.187 e. The Balaban J connectivity index is 1.40. The SMILES string of the molecule is c1ccc(-c2ccc(-c3csc(Nc4cccc5[nH]ncc45)n3)cc2)cc1. The number of nitrogens with zero attached hydrogens (tertiary/aromatic N) is 2. The summed E-state index contributed by atoms with van der Waals surface area (Å²) in [5.41, 5.74) is 6.52. The first-order chi connectivity index (χ1) is 13.4. The highest BCUT2D eigenvalue weighted by atomic mass is 32.1. The fraction of sp³-hybridized carbons (Fsp3) is 0. The highest BCUT2D eigenvalue weighted by Gasteiger charge is 2.08. The highest BCUT2D eigenvalue weighted by Crippen LogP contribution is 2.31. The Bertz CT molecular complexity index is 1190. The molecule has 2 N–H and O–H groups in total. The van der Waals surface area contributed by atoms with Crippen molar-refractivity contribution in [2.45, 2.75) is 0 Å². The number of anilines is 2. The van der Waals surface area contributed by atoms with E-state index < -0.39 is 0 Å². The van der Waals surface area contributed by atoms with Crippen molar-refractivity contribution >= 4 is 33.1 Å². The lowest BCUT2D eigenvalue weighted by atomic mass is 10.0. The van der Waals surface area contributed by atoms with Crippen LogP contribution in [0.3, 0.4) is 0 Å². The average molecular weight is 368 g/mol. The average Bonchev–Trinajstić information content (AvgIpc) is 3.39. The zero-order chi connectivity index (χ0) is 18.1. The van der Waals surface area contributed by atoms with Crippen LogP contribution in [0.15, 0.2) is 84.4 Å². The molecule has 0 amide bonds. The number of H-pyrrole nitrogens is 1. The predicted molar refractivity (Wildman–Crippen MR) is 112 cm³/mol. The molecule has 27 heavy (non-hydrogen) atoms. The van der Waals surface area contributed by atoms with Gasteiger partial charge >= 0.3 is 0 Å². The largest absolute Gasteiger partial charge is 0.331 e. The molecule has 0 saturated heterocycles. The number of fused-ring (bicyclic) bond motifs is 1. The fourth-order valence-corrected chi connectivity index (χ4v) is 3.85. The topological polar surface area (TPSA) is 53.6 Å². The van der Waals surface area contributed by atoms with Gasteiger partial charge in [-0.3, -0.25) is 5.10 Å². The molecule has 4 nitrogen and oxygen atoms in total. The summed E-state index contributed by atoms with van der Waals surface area (Å²) in [6.45, 7) is 0. The van der Waals surface area contributed by atoms with Crippen LogP contribution in [0.25, 0.3) is 33.3 Å². The third kappa shape index (κ3) is 3.09. The first-order valence-electron chi connectivity index (χ1n) is 8.67. The molecule has 5 rings (SSSR count). The minimum absolute atomic E-state index is 0.867. The molecule has 0 fully saturated rings. The molecule has 0 aliphatic rings. The van der Waals surface area contributed by atoms with Gasteiger partial charge in [0, 0.05) is 16.3 Å². The molecule has 0 aliphatic carbocycles. The quantitative estimate of drug-likeness (QED) is 0.403. The summed E-state index contributed by atoms with van der Waals surface area (Å²) >= 11 is 1.60.